The van der Waals surface area contributed by atoms with Crippen LogP contribution in [0.2, 0.25) is 0 Å². The van der Waals surface area contributed by atoms with Crippen LogP contribution in [0.15, 0.2) is 0 Å². The minimum Gasteiger partial charge on any atom is -0.383 e. The predicted octanol–water partition coefficient (Wildman–Crippen LogP) is 2.53. The van der Waals surface area contributed by atoms with Crippen molar-refractivity contribution in [1.82, 2.24) is 9.97 Å². The van der Waals surface area contributed by atoms with E-state index in [4.69, 9.17) is 15.5 Å². The first kappa shape index (κ1) is 16.0. The average Bonchev–Trinajstić information content (AvgIpc) is 2.41. The minimum absolute atomic E-state index is 0.106. The Morgan fingerprint density at radius 3 is 2.62 bits per heavy atom. The molecule has 0 saturated carbocycles. The molecule has 1 atom stereocenters. The maximum atomic E-state index is 6.09. The second-order valence-corrected chi connectivity index (χ2v) is 7.09. The van der Waals surface area contributed by atoms with E-state index in [2.05, 4.69) is 37.7 Å². The molecule has 2 heterocycles. The second kappa shape index (κ2) is 6.18. The third-order valence-electron chi connectivity index (χ3n) is 3.98. The molecule has 2 N–H and O–H groups in total. The van der Waals surface area contributed by atoms with Gasteiger partial charge in [-0.15, -0.1) is 0 Å². The van der Waals surface area contributed by atoms with Gasteiger partial charge in [-0.2, -0.15) is 0 Å². The molecule has 0 radical (unpaired) electrons. The first-order valence-corrected chi connectivity index (χ1v) is 7.72. The number of nitrogens with two attached hydrogens (primary N) is 1. The number of nitrogens with zero attached hydrogens (tertiary/aromatic N) is 3. The highest BCUT2D eigenvalue weighted by atomic mass is 16.5. The van der Waals surface area contributed by atoms with Gasteiger partial charge in [0.2, 0.25) is 0 Å². The van der Waals surface area contributed by atoms with Gasteiger partial charge in [-0.25, -0.2) is 9.97 Å². The van der Waals surface area contributed by atoms with E-state index < -0.39 is 0 Å². The Morgan fingerprint density at radius 2 is 2.05 bits per heavy atom. The molecule has 1 aromatic rings. The largest absolute Gasteiger partial charge is 0.383 e. The Morgan fingerprint density at radius 1 is 1.33 bits per heavy atom. The number of anilines is 2. The third kappa shape index (κ3) is 3.84. The maximum absolute atomic E-state index is 6.09. The molecular weight excluding hydrogens is 264 g/mol. The summed E-state index contributed by atoms with van der Waals surface area (Å²) >= 11 is 0. The number of aromatic nitrogens is 2. The van der Waals surface area contributed by atoms with Gasteiger partial charge < -0.3 is 15.4 Å². The minimum atomic E-state index is -0.106. The molecule has 5 nitrogen and oxygen atoms in total. The van der Waals surface area contributed by atoms with Crippen LogP contribution in [0.25, 0.3) is 0 Å². The van der Waals surface area contributed by atoms with Gasteiger partial charge in [0.05, 0.1) is 6.61 Å². The Hall–Kier alpha value is -1.36. The first-order chi connectivity index (χ1) is 9.79. The number of hydrogen-bond acceptors (Lipinski definition) is 5. The van der Waals surface area contributed by atoms with E-state index in [1.54, 1.807) is 0 Å². The van der Waals surface area contributed by atoms with Crippen LogP contribution in [0.5, 0.6) is 0 Å². The highest BCUT2D eigenvalue weighted by Crippen LogP contribution is 2.27. The SMILES string of the molecule is Cc1c(N)nc(C(C)(C)C)nc1N(C)CC1CCCOC1. The molecule has 0 bridgehead atoms. The molecule has 0 aromatic carbocycles. The standard InChI is InChI=1S/C16H28N4O/c1-11-13(17)18-15(16(2,3)4)19-14(11)20(5)9-12-7-6-8-21-10-12/h12H,6-10H2,1-5H3,(H2,17,18,19). The molecule has 0 amide bonds. The van der Waals surface area contributed by atoms with Crippen molar-refractivity contribution in [3.05, 3.63) is 11.4 Å². The zero-order valence-electron chi connectivity index (χ0n) is 13.9. The lowest BCUT2D eigenvalue weighted by atomic mass is 9.95. The summed E-state index contributed by atoms with van der Waals surface area (Å²) < 4.78 is 5.57. The fourth-order valence-electron chi connectivity index (χ4n) is 2.65. The van der Waals surface area contributed by atoms with E-state index in [0.717, 1.165) is 43.4 Å². The summed E-state index contributed by atoms with van der Waals surface area (Å²) in [4.78, 5) is 11.4. The Kier molecular flexibility index (Phi) is 4.71. The maximum Gasteiger partial charge on any atom is 0.138 e. The molecule has 1 aromatic heterocycles. The summed E-state index contributed by atoms with van der Waals surface area (Å²) in [6.07, 6.45) is 2.37. The van der Waals surface area contributed by atoms with Crippen molar-refractivity contribution < 1.29 is 4.74 Å². The van der Waals surface area contributed by atoms with Gasteiger partial charge in [-0.1, -0.05) is 20.8 Å². The molecule has 0 spiro atoms. The van der Waals surface area contributed by atoms with Crippen LogP contribution < -0.4 is 10.6 Å². The van der Waals surface area contributed by atoms with Crippen LogP contribution >= 0.6 is 0 Å². The lowest BCUT2D eigenvalue weighted by molar-refractivity contribution is 0.0576. The van der Waals surface area contributed by atoms with Crippen molar-refractivity contribution in [2.24, 2.45) is 5.92 Å². The van der Waals surface area contributed by atoms with E-state index in [9.17, 15) is 0 Å². The molecule has 2 rings (SSSR count). The van der Waals surface area contributed by atoms with Crippen molar-refractivity contribution in [1.29, 1.82) is 0 Å². The first-order valence-electron chi connectivity index (χ1n) is 7.72. The normalized spacial score (nSPS) is 19.6. The Bertz CT molecular complexity index is 490. The van der Waals surface area contributed by atoms with Gasteiger partial charge in [0.1, 0.15) is 17.5 Å². The summed E-state index contributed by atoms with van der Waals surface area (Å²) in [6.45, 7) is 11.0. The topological polar surface area (TPSA) is 64.3 Å². The summed E-state index contributed by atoms with van der Waals surface area (Å²) in [7, 11) is 2.08. The number of ether oxygens (including phenoxy) is 1. The third-order valence-corrected chi connectivity index (χ3v) is 3.98. The molecule has 118 valence electrons. The molecule has 1 fully saturated rings. The zero-order valence-corrected chi connectivity index (χ0v) is 13.9. The lowest BCUT2D eigenvalue weighted by Gasteiger charge is -2.29. The monoisotopic (exact) mass is 292 g/mol. The number of rotatable bonds is 3. The molecule has 21 heavy (non-hydrogen) atoms. The van der Waals surface area contributed by atoms with Gasteiger partial charge in [0.25, 0.3) is 0 Å². The summed E-state index contributed by atoms with van der Waals surface area (Å²) in [5.41, 5.74) is 6.94. The van der Waals surface area contributed by atoms with E-state index >= 15 is 0 Å². The molecular formula is C16H28N4O. The zero-order chi connectivity index (χ0) is 15.6. The summed E-state index contributed by atoms with van der Waals surface area (Å²) in [6, 6.07) is 0. The van der Waals surface area contributed by atoms with E-state index in [1.807, 2.05) is 6.92 Å². The van der Waals surface area contributed by atoms with Gasteiger partial charge in [0, 0.05) is 31.2 Å². The molecule has 1 aliphatic rings. The van der Waals surface area contributed by atoms with Crippen LogP contribution in [0, 0.1) is 12.8 Å². The van der Waals surface area contributed by atoms with Crippen molar-refractivity contribution in [2.45, 2.75) is 46.0 Å². The van der Waals surface area contributed by atoms with E-state index in [0.29, 0.717) is 11.7 Å². The molecule has 5 heteroatoms. The summed E-state index contributed by atoms with van der Waals surface area (Å²) in [5.74, 6) is 2.89. The second-order valence-electron chi connectivity index (χ2n) is 7.09. The van der Waals surface area contributed by atoms with Crippen LogP contribution in [-0.2, 0) is 10.2 Å². The lowest BCUT2D eigenvalue weighted by Crippen LogP contribution is -2.32. The van der Waals surface area contributed by atoms with Crippen LogP contribution in [0.4, 0.5) is 11.6 Å². The number of hydrogen-bond donors (Lipinski definition) is 1. The molecule has 1 aliphatic heterocycles. The average molecular weight is 292 g/mol. The van der Waals surface area contributed by atoms with E-state index in [-0.39, 0.29) is 5.41 Å². The van der Waals surface area contributed by atoms with E-state index in [1.165, 1.54) is 6.42 Å². The smallest absolute Gasteiger partial charge is 0.138 e. The van der Waals surface area contributed by atoms with Crippen molar-refractivity contribution >= 4 is 11.6 Å². The molecule has 1 unspecified atom stereocenters. The molecule has 0 aliphatic carbocycles. The highest BCUT2D eigenvalue weighted by Gasteiger charge is 2.23. The van der Waals surface area contributed by atoms with Crippen LogP contribution in [0.3, 0.4) is 0 Å². The van der Waals surface area contributed by atoms with Crippen molar-refractivity contribution in [2.75, 3.05) is 37.4 Å². The molecule has 1 saturated heterocycles. The van der Waals surface area contributed by atoms with Crippen molar-refractivity contribution in [3.63, 3.8) is 0 Å². The number of nitrogen functional groups attached to an aromatic ring is 1. The predicted molar refractivity (Wildman–Crippen MR) is 86.7 cm³/mol. The Balaban J connectivity index is 2.22. The highest BCUT2D eigenvalue weighted by molar-refractivity contribution is 5.56. The fraction of sp³-hybridized carbons (Fsp3) is 0.750. The Labute approximate surface area is 127 Å². The summed E-state index contributed by atoms with van der Waals surface area (Å²) in [5, 5.41) is 0. The van der Waals surface area contributed by atoms with Crippen molar-refractivity contribution in [3.8, 4) is 0 Å². The van der Waals surface area contributed by atoms with Gasteiger partial charge in [-0.3, -0.25) is 0 Å². The van der Waals surface area contributed by atoms with Gasteiger partial charge in [0.15, 0.2) is 0 Å². The fourth-order valence-corrected chi connectivity index (χ4v) is 2.65. The van der Waals surface area contributed by atoms with Crippen LogP contribution in [-0.4, -0.2) is 36.8 Å². The van der Waals surface area contributed by atoms with Crippen LogP contribution in [0.1, 0.15) is 45.0 Å². The quantitative estimate of drug-likeness (QED) is 0.927. The van der Waals surface area contributed by atoms with Gasteiger partial charge in [-0.05, 0) is 25.7 Å². The van der Waals surface area contributed by atoms with Gasteiger partial charge >= 0.3 is 0 Å².